The van der Waals surface area contributed by atoms with Crippen LogP contribution in [-0.4, -0.2) is 25.5 Å². The van der Waals surface area contributed by atoms with Crippen LogP contribution in [0.1, 0.15) is 73.7 Å². The molecule has 2 aromatic carbocycles. The molecule has 1 unspecified atom stereocenters. The molecule has 0 N–H and O–H groups in total. The molecule has 5 nitrogen and oxygen atoms in total. The molecule has 3 rings (SSSR count). The molecule has 3 aromatic rings. The second-order valence-corrected chi connectivity index (χ2v) is 9.59. The maximum atomic E-state index is 12.2. The first-order valence-corrected chi connectivity index (χ1v) is 11.5. The first-order chi connectivity index (χ1) is 15.6. The fourth-order valence-corrected chi connectivity index (χ4v) is 3.83. The lowest BCUT2D eigenvalue weighted by Crippen LogP contribution is -2.26. The van der Waals surface area contributed by atoms with E-state index in [9.17, 15) is 9.59 Å². The van der Waals surface area contributed by atoms with E-state index in [4.69, 9.17) is 13.9 Å². The highest BCUT2D eigenvalue weighted by Gasteiger charge is 2.22. The standard InChI is InChI=1S/C28H34O5/c1-7-19(20-11-13-24(18(2)14-20)32-17-26(29)28(3,4)5)10-12-23-15-21-8-9-22(27(30)31-6)16-25(21)33-23/h8-9,11,13-16,19H,7,10,12,17H2,1-6H3. The van der Waals surface area contributed by atoms with Gasteiger partial charge in [0, 0.05) is 17.2 Å². The number of hydrogen-bond donors (Lipinski definition) is 0. The van der Waals surface area contributed by atoms with Crippen molar-refractivity contribution in [1.29, 1.82) is 0 Å². The number of carbonyl (C=O) groups is 2. The molecule has 1 aromatic heterocycles. The Balaban J connectivity index is 1.66. The van der Waals surface area contributed by atoms with E-state index in [1.54, 1.807) is 12.1 Å². The largest absolute Gasteiger partial charge is 0.486 e. The third-order valence-electron chi connectivity index (χ3n) is 6.09. The Morgan fingerprint density at radius 2 is 1.82 bits per heavy atom. The van der Waals surface area contributed by atoms with Gasteiger partial charge >= 0.3 is 5.97 Å². The lowest BCUT2D eigenvalue weighted by molar-refractivity contribution is -0.128. The molecule has 0 saturated carbocycles. The Hall–Kier alpha value is -3.08. The maximum Gasteiger partial charge on any atom is 0.337 e. The Kier molecular flexibility index (Phi) is 7.62. The normalized spacial score (nSPS) is 12.5. The third-order valence-corrected chi connectivity index (χ3v) is 6.09. The predicted octanol–water partition coefficient (Wildman–Crippen LogP) is 6.65. The molecule has 0 saturated heterocycles. The van der Waals surface area contributed by atoms with Crippen molar-refractivity contribution in [3.05, 3.63) is 64.9 Å². The summed E-state index contributed by atoms with van der Waals surface area (Å²) in [6, 6.07) is 13.6. The molecule has 0 bridgehead atoms. The zero-order valence-corrected chi connectivity index (χ0v) is 20.5. The first kappa shape index (κ1) is 24.6. The maximum absolute atomic E-state index is 12.2. The van der Waals surface area contributed by atoms with Crippen LogP contribution in [0, 0.1) is 12.3 Å². The van der Waals surface area contributed by atoms with E-state index in [1.165, 1.54) is 12.7 Å². The number of fused-ring (bicyclic) bond motifs is 1. The van der Waals surface area contributed by atoms with Gasteiger partial charge in [0.05, 0.1) is 12.7 Å². The molecule has 33 heavy (non-hydrogen) atoms. The molecular weight excluding hydrogens is 416 g/mol. The Morgan fingerprint density at radius 1 is 1.06 bits per heavy atom. The number of ketones is 1. The fraction of sp³-hybridized carbons (Fsp3) is 0.429. The number of ether oxygens (including phenoxy) is 2. The van der Waals surface area contributed by atoms with Crippen molar-refractivity contribution in [1.82, 2.24) is 0 Å². The highest BCUT2D eigenvalue weighted by atomic mass is 16.5. The van der Waals surface area contributed by atoms with Crippen LogP contribution in [0.15, 0.2) is 46.9 Å². The van der Waals surface area contributed by atoms with Crippen molar-refractivity contribution < 1.29 is 23.5 Å². The summed E-state index contributed by atoms with van der Waals surface area (Å²) in [6.45, 7) is 10.0. The number of rotatable bonds is 9. The number of furan rings is 1. The van der Waals surface area contributed by atoms with E-state index >= 15 is 0 Å². The van der Waals surface area contributed by atoms with Gasteiger partial charge in [-0.25, -0.2) is 4.79 Å². The van der Waals surface area contributed by atoms with Gasteiger partial charge in [-0.15, -0.1) is 0 Å². The smallest absolute Gasteiger partial charge is 0.337 e. The van der Waals surface area contributed by atoms with Gasteiger partial charge in [-0.2, -0.15) is 0 Å². The van der Waals surface area contributed by atoms with Crippen LogP contribution in [0.2, 0.25) is 0 Å². The molecule has 176 valence electrons. The van der Waals surface area contributed by atoms with Crippen LogP contribution in [0.25, 0.3) is 11.0 Å². The monoisotopic (exact) mass is 450 g/mol. The second-order valence-electron chi connectivity index (χ2n) is 9.59. The first-order valence-electron chi connectivity index (χ1n) is 11.5. The minimum Gasteiger partial charge on any atom is -0.486 e. The van der Waals surface area contributed by atoms with Gasteiger partial charge in [0.15, 0.2) is 5.78 Å². The highest BCUT2D eigenvalue weighted by Crippen LogP contribution is 2.31. The number of methoxy groups -OCH3 is 1. The van der Waals surface area contributed by atoms with Gasteiger partial charge in [-0.3, -0.25) is 4.79 Å². The molecule has 0 amide bonds. The molecular formula is C28H34O5. The van der Waals surface area contributed by atoms with Gasteiger partial charge in [-0.05, 0) is 61.1 Å². The molecule has 0 fully saturated rings. The van der Waals surface area contributed by atoms with E-state index in [-0.39, 0.29) is 18.4 Å². The van der Waals surface area contributed by atoms with E-state index in [2.05, 4.69) is 19.1 Å². The lowest BCUT2D eigenvalue weighted by atomic mass is 9.90. The number of carbonyl (C=O) groups excluding carboxylic acids is 2. The molecule has 1 heterocycles. The van der Waals surface area contributed by atoms with E-state index < -0.39 is 5.41 Å². The van der Waals surface area contributed by atoms with Crippen molar-refractivity contribution in [3.63, 3.8) is 0 Å². The quantitative estimate of drug-likeness (QED) is 0.342. The molecule has 0 aliphatic rings. The van der Waals surface area contributed by atoms with Gasteiger partial charge in [-0.1, -0.05) is 45.9 Å². The molecule has 0 aliphatic heterocycles. The van der Waals surface area contributed by atoms with Crippen LogP contribution in [0.5, 0.6) is 5.75 Å². The van der Waals surface area contributed by atoms with Crippen LogP contribution < -0.4 is 4.74 Å². The zero-order valence-electron chi connectivity index (χ0n) is 20.5. The number of benzene rings is 2. The van der Waals surface area contributed by atoms with Crippen LogP contribution in [0.4, 0.5) is 0 Å². The summed E-state index contributed by atoms with van der Waals surface area (Å²) in [5.74, 6) is 1.76. The summed E-state index contributed by atoms with van der Waals surface area (Å²) in [5.41, 5.74) is 3.07. The van der Waals surface area contributed by atoms with Crippen molar-refractivity contribution in [2.24, 2.45) is 5.41 Å². The van der Waals surface area contributed by atoms with E-state index in [0.717, 1.165) is 41.7 Å². The number of hydrogen-bond acceptors (Lipinski definition) is 5. The number of esters is 1. The molecule has 5 heteroatoms. The Labute approximate surface area is 196 Å². The van der Waals surface area contributed by atoms with Gasteiger partial charge in [0.25, 0.3) is 0 Å². The lowest BCUT2D eigenvalue weighted by Gasteiger charge is -2.19. The molecule has 1 atom stereocenters. The fourth-order valence-electron chi connectivity index (χ4n) is 3.83. The number of aryl methyl sites for hydroxylation is 2. The minimum absolute atomic E-state index is 0.0851. The third kappa shape index (κ3) is 6.04. The topological polar surface area (TPSA) is 65.7 Å². The van der Waals surface area contributed by atoms with Crippen LogP contribution in [-0.2, 0) is 16.0 Å². The van der Waals surface area contributed by atoms with Crippen LogP contribution in [0.3, 0.4) is 0 Å². The highest BCUT2D eigenvalue weighted by molar-refractivity contribution is 5.93. The second kappa shape index (κ2) is 10.2. The predicted molar refractivity (Wildman–Crippen MR) is 130 cm³/mol. The van der Waals surface area contributed by atoms with Crippen molar-refractivity contribution >= 4 is 22.7 Å². The van der Waals surface area contributed by atoms with Crippen molar-refractivity contribution in [3.8, 4) is 5.75 Å². The van der Waals surface area contributed by atoms with E-state index in [1.807, 2.05) is 45.9 Å². The van der Waals surface area contributed by atoms with Gasteiger partial charge in [0.1, 0.15) is 23.7 Å². The molecule has 0 spiro atoms. The average Bonchev–Trinajstić information content (AvgIpc) is 3.19. The van der Waals surface area contributed by atoms with Crippen molar-refractivity contribution in [2.75, 3.05) is 13.7 Å². The van der Waals surface area contributed by atoms with Gasteiger partial charge in [0.2, 0.25) is 0 Å². The molecule has 0 radical (unpaired) electrons. The average molecular weight is 451 g/mol. The summed E-state index contributed by atoms with van der Waals surface area (Å²) in [4.78, 5) is 23.9. The summed E-state index contributed by atoms with van der Waals surface area (Å²) < 4.78 is 16.6. The molecule has 0 aliphatic carbocycles. The zero-order chi connectivity index (χ0) is 24.2. The Bertz CT molecular complexity index is 1130. The summed E-state index contributed by atoms with van der Waals surface area (Å²) >= 11 is 0. The van der Waals surface area contributed by atoms with Crippen LogP contribution >= 0.6 is 0 Å². The van der Waals surface area contributed by atoms with E-state index in [0.29, 0.717) is 17.1 Å². The number of Topliss-reactive ketones (excluding diaryl/α,β-unsaturated/α-hetero) is 1. The van der Waals surface area contributed by atoms with Gasteiger partial charge < -0.3 is 13.9 Å². The minimum atomic E-state index is -0.404. The Morgan fingerprint density at radius 3 is 2.45 bits per heavy atom. The summed E-state index contributed by atoms with van der Waals surface area (Å²) in [6.07, 6.45) is 2.76. The SMILES string of the molecule is CCC(CCc1cc2ccc(C(=O)OC)cc2o1)c1ccc(OCC(=O)C(C)(C)C)c(C)c1. The van der Waals surface area contributed by atoms with Crippen molar-refractivity contribution in [2.45, 2.75) is 59.8 Å². The summed E-state index contributed by atoms with van der Waals surface area (Å²) in [5, 5.41) is 0.979. The summed E-state index contributed by atoms with van der Waals surface area (Å²) in [7, 11) is 1.37.